The van der Waals surface area contributed by atoms with Crippen LogP contribution in [0.3, 0.4) is 0 Å². The topological polar surface area (TPSA) is 68.3 Å². The quantitative estimate of drug-likeness (QED) is 0.717. The molecule has 0 aliphatic rings. The maximum atomic E-state index is 12.2. The van der Waals surface area contributed by atoms with E-state index in [9.17, 15) is 9.59 Å². The third-order valence-electron chi connectivity index (χ3n) is 3.02. The lowest BCUT2D eigenvalue weighted by molar-refractivity contribution is -0.131. The Kier molecular flexibility index (Phi) is 4.21. The van der Waals surface area contributed by atoms with Crippen LogP contribution in [-0.2, 0) is 17.9 Å². The Bertz CT molecular complexity index is 803. The fourth-order valence-electron chi connectivity index (χ4n) is 1.88. The maximum absolute atomic E-state index is 12.2. The summed E-state index contributed by atoms with van der Waals surface area (Å²) in [4.78, 5) is 27.4. The van der Waals surface area contributed by atoms with Crippen LogP contribution in [0.4, 0.5) is 0 Å². The van der Waals surface area contributed by atoms with E-state index < -0.39 is 5.76 Å². The molecule has 3 aromatic heterocycles. The van der Waals surface area contributed by atoms with Gasteiger partial charge in [-0.25, -0.2) is 4.79 Å². The zero-order valence-corrected chi connectivity index (χ0v) is 13.4. The Morgan fingerprint density at radius 3 is 2.77 bits per heavy atom. The first kappa shape index (κ1) is 14.7. The van der Waals surface area contributed by atoms with E-state index in [0.717, 1.165) is 14.4 Å². The molecular formula is C14H13N3O3S2. The predicted octanol–water partition coefficient (Wildman–Crippen LogP) is 2.28. The van der Waals surface area contributed by atoms with E-state index in [4.69, 9.17) is 4.42 Å². The van der Waals surface area contributed by atoms with Gasteiger partial charge in [-0.1, -0.05) is 12.1 Å². The Labute approximate surface area is 134 Å². The van der Waals surface area contributed by atoms with Crippen LogP contribution < -0.4 is 5.76 Å². The molecule has 114 valence electrons. The van der Waals surface area contributed by atoms with Gasteiger partial charge in [0.25, 0.3) is 5.89 Å². The summed E-state index contributed by atoms with van der Waals surface area (Å²) >= 11 is 3.01. The molecule has 0 saturated carbocycles. The molecule has 0 N–H and O–H groups in total. The molecule has 0 radical (unpaired) electrons. The first-order valence-electron chi connectivity index (χ1n) is 6.51. The van der Waals surface area contributed by atoms with Crippen molar-refractivity contribution in [1.29, 1.82) is 0 Å². The molecule has 8 heteroatoms. The molecule has 0 spiro atoms. The summed E-state index contributed by atoms with van der Waals surface area (Å²) in [6.45, 7) is 0.385. The van der Waals surface area contributed by atoms with Gasteiger partial charge in [0.2, 0.25) is 5.91 Å². The van der Waals surface area contributed by atoms with Crippen LogP contribution >= 0.6 is 22.7 Å². The molecule has 0 aromatic carbocycles. The van der Waals surface area contributed by atoms with Crippen LogP contribution in [0.15, 0.2) is 44.2 Å². The van der Waals surface area contributed by atoms with Gasteiger partial charge in [0, 0.05) is 11.9 Å². The van der Waals surface area contributed by atoms with Gasteiger partial charge >= 0.3 is 5.76 Å². The second kappa shape index (κ2) is 6.29. The summed E-state index contributed by atoms with van der Waals surface area (Å²) in [5, 5.41) is 7.91. The van der Waals surface area contributed by atoms with Gasteiger partial charge in [0.05, 0.1) is 11.4 Å². The standard InChI is InChI=1S/C14H13N3O3S2/c1-16(8-10-4-2-6-21-10)12(18)9-17-14(19)20-13(15-17)11-5-3-7-22-11/h2-7H,8-9H2,1H3. The number of amides is 1. The van der Waals surface area contributed by atoms with Crippen molar-refractivity contribution in [2.75, 3.05) is 7.05 Å². The van der Waals surface area contributed by atoms with Gasteiger partial charge in [0.15, 0.2) is 0 Å². The number of carbonyl (C=O) groups excluding carboxylic acids is 1. The van der Waals surface area contributed by atoms with E-state index >= 15 is 0 Å². The molecule has 0 atom stereocenters. The molecule has 0 fully saturated rings. The Morgan fingerprint density at radius 2 is 2.09 bits per heavy atom. The summed E-state index contributed by atoms with van der Waals surface area (Å²) in [6.07, 6.45) is 0. The van der Waals surface area contributed by atoms with Crippen molar-refractivity contribution in [3.8, 4) is 10.8 Å². The number of hydrogen-bond donors (Lipinski definition) is 0. The highest BCUT2D eigenvalue weighted by Gasteiger charge is 2.16. The molecule has 0 bridgehead atoms. The lowest BCUT2D eigenvalue weighted by Gasteiger charge is -2.15. The van der Waals surface area contributed by atoms with E-state index in [1.807, 2.05) is 35.0 Å². The minimum absolute atomic E-state index is 0.129. The zero-order chi connectivity index (χ0) is 15.5. The summed E-state index contributed by atoms with van der Waals surface area (Å²) in [5.41, 5.74) is 0. The van der Waals surface area contributed by atoms with Crippen LogP contribution in [0.1, 0.15) is 4.88 Å². The number of likely N-dealkylation sites (N-methyl/N-ethyl adjacent to an activating group) is 1. The monoisotopic (exact) mass is 335 g/mol. The average molecular weight is 335 g/mol. The minimum Gasteiger partial charge on any atom is -0.387 e. The van der Waals surface area contributed by atoms with Gasteiger partial charge in [-0.15, -0.1) is 27.8 Å². The van der Waals surface area contributed by atoms with Crippen LogP contribution in [0.5, 0.6) is 0 Å². The zero-order valence-electron chi connectivity index (χ0n) is 11.8. The number of rotatable bonds is 5. The van der Waals surface area contributed by atoms with Gasteiger partial charge in [-0.3, -0.25) is 4.79 Å². The van der Waals surface area contributed by atoms with Gasteiger partial charge in [0.1, 0.15) is 6.54 Å². The fraction of sp³-hybridized carbons (Fsp3) is 0.214. The van der Waals surface area contributed by atoms with Crippen molar-refractivity contribution in [2.24, 2.45) is 0 Å². The second-order valence-corrected chi connectivity index (χ2v) is 6.62. The summed E-state index contributed by atoms with van der Waals surface area (Å²) in [7, 11) is 1.70. The summed E-state index contributed by atoms with van der Waals surface area (Å²) in [6, 6.07) is 7.56. The third kappa shape index (κ3) is 3.18. The Morgan fingerprint density at radius 1 is 1.32 bits per heavy atom. The number of nitrogens with zero attached hydrogens (tertiary/aromatic N) is 3. The van der Waals surface area contributed by atoms with Gasteiger partial charge in [-0.2, -0.15) is 4.68 Å². The van der Waals surface area contributed by atoms with Gasteiger partial charge < -0.3 is 9.32 Å². The van der Waals surface area contributed by atoms with E-state index in [-0.39, 0.29) is 18.3 Å². The highest BCUT2D eigenvalue weighted by molar-refractivity contribution is 7.13. The highest BCUT2D eigenvalue weighted by Crippen LogP contribution is 2.21. The second-order valence-electron chi connectivity index (χ2n) is 4.64. The van der Waals surface area contributed by atoms with E-state index in [1.165, 1.54) is 11.3 Å². The molecule has 0 aliphatic heterocycles. The maximum Gasteiger partial charge on any atom is 0.437 e. The molecule has 3 heterocycles. The van der Waals surface area contributed by atoms with Crippen LogP contribution in [-0.4, -0.2) is 27.6 Å². The van der Waals surface area contributed by atoms with Crippen molar-refractivity contribution >= 4 is 28.6 Å². The van der Waals surface area contributed by atoms with E-state index in [0.29, 0.717) is 6.54 Å². The molecule has 0 unspecified atom stereocenters. The van der Waals surface area contributed by atoms with Gasteiger partial charge in [-0.05, 0) is 22.9 Å². The minimum atomic E-state index is -0.624. The molecule has 6 nitrogen and oxygen atoms in total. The lowest BCUT2D eigenvalue weighted by atomic mass is 10.4. The van der Waals surface area contributed by atoms with E-state index in [1.54, 1.807) is 23.3 Å². The lowest BCUT2D eigenvalue weighted by Crippen LogP contribution is -2.32. The molecule has 1 amide bonds. The third-order valence-corrected chi connectivity index (χ3v) is 4.74. The van der Waals surface area contributed by atoms with Crippen LogP contribution in [0.25, 0.3) is 10.8 Å². The van der Waals surface area contributed by atoms with Crippen molar-refractivity contribution in [1.82, 2.24) is 14.7 Å². The van der Waals surface area contributed by atoms with Crippen molar-refractivity contribution in [2.45, 2.75) is 13.1 Å². The Hall–Kier alpha value is -2.19. The highest BCUT2D eigenvalue weighted by atomic mass is 32.1. The van der Waals surface area contributed by atoms with Crippen LogP contribution in [0, 0.1) is 0 Å². The molecule has 22 heavy (non-hydrogen) atoms. The number of aromatic nitrogens is 2. The molecule has 3 rings (SSSR count). The fourth-order valence-corrected chi connectivity index (χ4v) is 3.28. The van der Waals surface area contributed by atoms with E-state index in [2.05, 4.69) is 5.10 Å². The van der Waals surface area contributed by atoms with Crippen molar-refractivity contribution in [3.05, 3.63) is 50.5 Å². The first-order valence-corrected chi connectivity index (χ1v) is 8.27. The first-order chi connectivity index (χ1) is 10.6. The summed E-state index contributed by atoms with van der Waals surface area (Å²) in [5.74, 6) is -0.573. The summed E-state index contributed by atoms with van der Waals surface area (Å²) < 4.78 is 6.14. The Balaban J connectivity index is 1.70. The number of carbonyl (C=O) groups is 1. The number of hydrogen-bond acceptors (Lipinski definition) is 6. The normalized spacial score (nSPS) is 10.8. The molecular weight excluding hydrogens is 322 g/mol. The van der Waals surface area contributed by atoms with Crippen molar-refractivity contribution in [3.63, 3.8) is 0 Å². The van der Waals surface area contributed by atoms with Crippen LogP contribution in [0.2, 0.25) is 0 Å². The molecule has 3 aromatic rings. The smallest absolute Gasteiger partial charge is 0.387 e. The SMILES string of the molecule is CN(Cc1cccs1)C(=O)Cn1nc(-c2cccs2)oc1=O. The number of thiophene rings is 2. The predicted molar refractivity (Wildman–Crippen MR) is 84.9 cm³/mol. The van der Waals surface area contributed by atoms with Crippen molar-refractivity contribution < 1.29 is 9.21 Å². The average Bonchev–Trinajstić information content (AvgIpc) is 3.21. The molecule has 0 aliphatic carbocycles. The largest absolute Gasteiger partial charge is 0.437 e. The molecule has 0 saturated heterocycles.